The summed E-state index contributed by atoms with van der Waals surface area (Å²) in [5, 5.41) is 30.5. The fourth-order valence-electron chi connectivity index (χ4n) is 2.65. The van der Waals surface area contributed by atoms with E-state index < -0.39 is 29.9 Å². The van der Waals surface area contributed by atoms with Crippen LogP contribution in [-0.2, 0) is 16.1 Å². The van der Waals surface area contributed by atoms with Crippen molar-refractivity contribution in [2.45, 2.75) is 41.4 Å². The quantitative estimate of drug-likeness (QED) is 0.727. The van der Waals surface area contributed by atoms with Crippen LogP contribution in [0, 0.1) is 0 Å². The highest BCUT2D eigenvalue weighted by Gasteiger charge is 2.44. The molecule has 0 saturated carbocycles. The third-order valence-electron chi connectivity index (χ3n) is 4.06. The minimum absolute atomic E-state index is 0.131. The largest absolute Gasteiger partial charge is 0.387 e. The van der Waals surface area contributed by atoms with Crippen LogP contribution >= 0.6 is 11.8 Å². The Morgan fingerprint density at radius 3 is 2.16 bits per heavy atom. The van der Waals surface area contributed by atoms with Gasteiger partial charge >= 0.3 is 0 Å². The van der Waals surface area contributed by atoms with Crippen LogP contribution in [0.15, 0.2) is 65.6 Å². The van der Waals surface area contributed by atoms with E-state index in [9.17, 15) is 15.3 Å². The van der Waals surface area contributed by atoms with Crippen LogP contribution in [0.25, 0.3) is 0 Å². The van der Waals surface area contributed by atoms with E-state index in [2.05, 4.69) is 0 Å². The first-order valence-corrected chi connectivity index (χ1v) is 9.06. The second-order valence-electron chi connectivity index (χ2n) is 5.95. The van der Waals surface area contributed by atoms with Crippen LogP contribution < -0.4 is 0 Å². The summed E-state index contributed by atoms with van der Waals surface area (Å²) in [7, 11) is 0. The summed E-state index contributed by atoms with van der Waals surface area (Å²) in [5.41, 5.74) is 0.342. The predicted molar refractivity (Wildman–Crippen MR) is 95.1 cm³/mol. The molecule has 25 heavy (non-hydrogen) atoms. The van der Waals surface area contributed by atoms with Gasteiger partial charge in [0.1, 0.15) is 29.9 Å². The van der Waals surface area contributed by atoms with Crippen molar-refractivity contribution in [2.75, 3.05) is 6.61 Å². The zero-order valence-corrected chi connectivity index (χ0v) is 14.5. The van der Waals surface area contributed by atoms with E-state index in [1.807, 2.05) is 60.7 Å². The van der Waals surface area contributed by atoms with E-state index >= 15 is 0 Å². The van der Waals surface area contributed by atoms with Gasteiger partial charge in [-0.3, -0.25) is 0 Å². The maximum absolute atomic E-state index is 10.2. The van der Waals surface area contributed by atoms with Gasteiger partial charge in [-0.15, -0.1) is 0 Å². The average molecular weight is 362 g/mol. The number of aliphatic hydroxyl groups is 3. The minimum atomic E-state index is -1.28. The third kappa shape index (κ3) is 4.82. The van der Waals surface area contributed by atoms with Crippen molar-refractivity contribution in [1.29, 1.82) is 0 Å². The van der Waals surface area contributed by atoms with Gasteiger partial charge in [-0.05, 0) is 17.7 Å². The van der Waals surface area contributed by atoms with Crippen molar-refractivity contribution >= 4 is 11.8 Å². The molecule has 5 nitrogen and oxygen atoms in total. The molecular weight excluding hydrogens is 340 g/mol. The van der Waals surface area contributed by atoms with E-state index in [0.29, 0.717) is 6.61 Å². The standard InChI is InChI=1S/C19H22O5S/c20-16-15(12-23-11-13-7-3-1-4-8-13)24-19(18(22)17(16)21)25-14-9-5-2-6-10-14/h1-10,15-22H,11-12H2/t15-,16-,17+,18-,19+/m1/s1. The summed E-state index contributed by atoms with van der Waals surface area (Å²) in [6, 6.07) is 19.2. The molecule has 0 amide bonds. The van der Waals surface area contributed by atoms with Crippen molar-refractivity contribution in [3.05, 3.63) is 66.2 Å². The lowest BCUT2D eigenvalue weighted by molar-refractivity contribution is -0.210. The van der Waals surface area contributed by atoms with Gasteiger partial charge in [-0.1, -0.05) is 60.3 Å². The van der Waals surface area contributed by atoms with E-state index in [0.717, 1.165) is 10.5 Å². The Balaban J connectivity index is 1.58. The van der Waals surface area contributed by atoms with Crippen LogP contribution in [0.5, 0.6) is 0 Å². The lowest BCUT2D eigenvalue weighted by Crippen LogP contribution is -2.57. The molecule has 0 aromatic heterocycles. The predicted octanol–water partition coefficient (Wildman–Crippen LogP) is 1.80. The molecule has 1 saturated heterocycles. The van der Waals surface area contributed by atoms with Crippen LogP contribution in [0.1, 0.15) is 5.56 Å². The van der Waals surface area contributed by atoms with E-state index in [-0.39, 0.29) is 6.61 Å². The van der Waals surface area contributed by atoms with Gasteiger partial charge < -0.3 is 24.8 Å². The molecular formula is C19H22O5S. The first-order chi connectivity index (χ1) is 12.1. The molecule has 6 heteroatoms. The van der Waals surface area contributed by atoms with Gasteiger partial charge in [0.15, 0.2) is 0 Å². The molecule has 0 spiro atoms. The highest BCUT2D eigenvalue weighted by Crippen LogP contribution is 2.33. The van der Waals surface area contributed by atoms with Gasteiger partial charge in [-0.2, -0.15) is 0 Å². The molecule has 1 fully saturated rings. The number of benzene rings is 2. The van der Waals surface area contributed by atoms with Crippen LogP contribution in [0.2, 0.25) is 0 Å². The number of hydrogen-bond donors (Lipinski definition) is 3. The SMILES string of the molecule is O[C@@H]1[C@@H](O)[C@H](Sc2ccccc2)O[C@H](COCc2ccccc2)[C@H]1O. The molecule has 1 aliphatic rings. The summed E-state index contributed by atoms with van der Waals surface area (Å²) in [4.78, 5) is 0.916. The molecule has 1 aliphatic heterocycles. The molecule has 2 aromatic carbocycles. The molecule has 5 atom stereocenters. The zero-order valence-electron chi connectivity index (χ0n) is 13.6. The second kappa shape index (κ2) is 8.80. The Hall–Kier alpha value is -1.41. The van der Waals surface area contributed by atoms with Crippen molar-refractivity contribution < 1.29 is 24.8 Å². The number of ether oxygens (including phenoxy) is 2. The average Bonchev–Trinajstić information content (AvgIpc) is 2.65. The molecule has 134 valence electrons. The van der Waals surface area contributed by atoms with E-state index in [1.165, 1.54) is 11.8 Å². The molecule has 2 aromatic rings. The fraction of sp³-hybridized carbons (Fsp3) is 0.368. The number of rotatable bonds is 6. The minimum Gasteiger partial charge on any atom is -0.387 e. The molecule has 3 N–H and O–H groups in total. The molecule has 0 aliphatic carbocycles. The first-order valence-electron chi connectivity index (χ1n) is 8.18. The Morgan fingerprint density at radius 1 is 0.840 bits per heavy atom. The smallest absolute Gasteiger partial charge is 0.136 e. The number of thioether (sulfide) groups is 1. The van der Waals surface area contributed by atoms with E-state index in [1.54, 1.807) is 0 Å². The highest BCUT2D eigenvalue weighted by molar-refractivity contribution is 7.99. The Kier molecular flexibility index (Phi) is 6.47. The molecule has 1 heterocycles. The number of hydrogen-bond acceptors (Lipinski definition) is 6. The van der Waals surface area contributed by atoms with Crippen molar-refractivity contribution in [3.8, 4) is 0 Å². The second-order valence-corrected chi connectivity index (χ2v) is 7.12. The molecule has 3 rings (SSSR count). The summed E-state index contributed by atoms with van der Waals surface area (Å²) >= 11 is 1.31. The monoisotopic (exact) mass is 362 g/mol. The lowest BCUT2D eigenvalue weighted by Gasteiger charge is -2.40. The maximum Gasteiger partial charge on any atom is 0.136 e. The fourth-order valence-corrected chi connectivity index (χ4v) is 3.73. The van der Waals surface area contributed by atoms with Crippen LogP contribution in [0.3, 0.4) is 0 Å². The first kappa shape index (κ1) is 18.4. The van der Waals surface area contributed by atoms with Gasteiger partial charge in [0.05, 0.1) is 13.2 Å². The van der Waals surface area contributed by atoms with Gasteiger partial charge in [0.25, 0.3) is 0 Å². The Labute approximate surface area is 151 Å². The van der Waals surface area contributed by atoms with E-state index in [4.69, 9.17) is 9.47 Å². The van der Waals surface area contributed by atoms with Gasteiger partial charge in [-0.25, -0.2) is 0 Å². The van der Waals surface area contributed by atoms with Crippen LogP contribution in [0.4, 0.5) is 0 Å². The summed E-state index contributed by atoms with van der Waals surface area (Å²) < 4.78 is 11.4. The normalized spacial score (nSPS) is 29.5. The van der Waals surface area contributed by atoms with Gasteiger partial charge in [0.2, 0.25) is 0 Å². The zero-order chi connectivity index (χ0) is 17.6. The summed E-state index contributed by atoms with van der Waals surface area (Å²) in [6.45, 7) is 0.522. The lowest BCUT2D eigenvalue weighted by atomic mass is 10.0. The number of aliphatic hydroxyl groups excluding tert-OH is 3. The van der Waals surface area contributed by atoms with Crippen molar-refractivity contribution in [2.24, 2.45) is 0 Å². The van der Waals surface area contributed by atoms with Crippen molar-refractivity contribution in [1.82, 2.24) is 0 Å². The Morgan fingerprint density at radius 2 is 1.48 bits per heavy atom. The maximum atomic E-state index is 10.2. The van der Waals surface area contributed by atoms with Crippen LogP contribution in [-0.4, -0.2) is 51.8 Å². The third-order valence-corrected chi connectivity index (χ3v) is 5.22. The highest BCUT2D eigenvalue weighted by atomic mass is 32.2. The summed E-state index contributed by atoms with van der Waals surface area (Å²) in [5.74, 6) is 0. The van der Waals surface area contributed by atoms with Gasteiger partial charge in [0, 0.05) is 4.90 Å². The molecule has 0 unspecified atom stereocenters. The topological polar surface area (TPSA) is 79.2 Å². The molecule has 0 bridgehead atoms. The van der Waals surface area contributed by atoms with Crippen molar-refractivity contribution in [3.63, 3.8) is 0 Å². The molecule has 0 radical (unpaired) electrons. The Bertz CT molecular complexity index is 639. The summed E-state index contributed by atoms with van der Waals surface area (Å²) in [6.07, 6.45) is -4.35.